The minimum atomic E-state index is -0.266. The fourth-order valence-electron chi connectivity index (χ4n) is 4.55. The molecule has 3 aliphatic heterocycles. The van der Waals surface area contributed by atoms with Gasteiger partial charge in [0.15, 0.2) is 0 Å². The highest BCUT2D eigenvalue weighted by molar-refractivity contribution is 5.74. The second-order valence-corrected chi connectivity index (χ2v) is 8.01. The van der Waals surface area contributed by atoms with Gasteiger partial charge in [-0.15, -0.1) is 0 Å². The van der Waals surface area contributed by atoms with E-state index in [2.05, 4.69) is 30.3 Å². The van der Waals surface area contributed by atoms with Crippen LogP contribution in [0.1, 0.15) is 31.2 Å². The number of hydrogen-bond acceptors (Lipinski definition) is 3. The third-order valence-electron chi connectivity index (χ3n) is 6.06. The number of piperidine rings is 1. The molecule has 1 atom stereocenters. The summed E-state index contributed by atoms with van der Waals surface area (Å²) >= 11 is 0. The van der Waals surface area contributed by atoms with E-state index in [-0.39, 0.29) is 11.6 Å². The van der Waals surface area contributed by atoms with Crippen LogP contribution in [0.3, 0.4) is 0 Å². The van der Waals surface area contributed by atoms with Gasteiger partial charge in [-0.25, -0.2) is 4.79 Å². The van der Waals surface area contributed by atoms with Gasteiger partial charge < -0.3 is 19.3 Å². The summed E-state index contributed by atoms with van der Waals surface area (Å²) in [4.78, 5) is 17.0. The highest BCUT2D eigenvalue weighted by Crippen LogP contribution is 2.29. The van der Waals surface area contributed by atoms with E-state index in [1.54, 1.807) is 0 Å². The van der Waals surface area contributed by atoms with Crippen LogP contribution in [0.5, 0.6) is 0 Å². The molecule has 142 valence electrons. The number of amides is 2. The Bertz CT molecular complexity index is 587. The Morgan fingerprint density at radius 2 is 1.88 bits per heavy atom. The molecule has 1 aromatic rings. The standard InChI is InChI=1S/C21H30N2O3/c24-20(23-12-14-26-21(16-23)9-4-13-25-17-21)22-10-7-19(8-11-22)15-18-5-2-1-3-6-18/h1-3,5-6,19H,4,7-17H2. The van der Waals surface area contributed by atoms with Gasteiger partial charge in [-0.1, -0.05) is 30.3 Å². The largest absolute Gasteiger partial charge is 0.378 e. The third-order valence-corrected chi connectivity index (χ3v) is 6.06. The summed E-state index contributed by atoms with van der Waals surface area (Å²) in [6.45, 7) is 5.18. The summed E-state index contributed by atoms with van der Waals surface area (Å²) < 4.78 is 11.7. The first-order chi connectivity index (χ1) is 12.7. The molecule has 3 fully saturated rings. The smallest absolute Gasteiger partial charge is 0.320 e. The van der Waals surface area contributed by atoms with Crippen molar-refractivity contribution in [2.24, 2.45) is 5.92 Å². The number of benzene rings is 1. The number of hydrogen-bond donors (Lipinski definition) is 0. The Kier molecular flexibility index (Phi) is 5.46. The Labute approximate surface area is 156 Å². The zero-order valence-electron chi connectivity index (χ0n) is 15.6. The predicted octanol–water partition coefficient (Wildman–Crippen LogP) is 2.94. The molecule has 4 rings (SSSR count). The van der Waals surface area contributed by atoms with Crippen LogP contribution in [0.2, 0.25) is 0 Å². The van der Waals surface area contributed by atoms with Crippen molar-refractivity contribution in [2.45, 2.75) is 37.7 Å². The molecular formula is C21H30N2O3. The summed E-state index contributed by atoms with van der Waals surface area (Å²) in [6.07, 6.45) is 5.34. The van der Waals surface area contributed by atoms with Crippen molar-refractivity contribution in [1.29, 1.82) is 0 Å². The first kappa shape index (κ1) is 17.8. The molecule has 1 unspecified atom stereocenters. The van der Waals surface area contributed by atoms with Gasteiger partial charge in [0, 0.05) is 26.2 Å². The van der Waals surface area contributed by atoms with Crippen LogP contribution < -0.4 is 0 Å². The minimum Gasteiger partial charge on any atom is -0.378 e. The second-order valence-electron chi connectivity index (χ2n) is 8.01. The normalized spacial score (nSPS) is 27.7. The summed E-state index contributed by atoms with van der Waals surface area (Å²) in [5.41, 5.74) is 1.14. The lowest BCUT2D eigenvalue weighted by molar-refractivity contribution is -0.161. The fraction of sp³-hybridized carbons (Fsp3) is 0.667. The maximum atomic E-state index is 13.0. The van der Waals surface area contributed by atoms with E-state index < -0.39 is 0 Å². The number of morpholine rings is 1. The van der Waals surface area contributed by atoms with Crippen LogP contribution in [-0.2, 0) is 15.9 Å². The van der Waals surface area contributed by atoms with Crippen LogP contribution in [0, 0.1) is 5.92 Å². The number of rotatable bonds is 2. The number of likely N-dealkylation sites (tertiary alicyclic amines) is 1. The maximum absolute atomic E-state index is 13.0. The number of urea groups is 1. The molecule has 2 amide bonds. The molecule has 1 aromatic carbocycles. The van der Waals surface area contributed by atoms with E-state index in [0.29, 0.717) is 32.2 Å². The molecule has 5 heteroatoms. The first-order valence-electron chi connectivity index (χ1n) is 10.0. The quantitative estimate of drug-likeness (QED) is 0.816. The summed E-state index contributed by atoms with van der Waals surface area (Å²) in [5.74, 6) is 0.684. The highest BCUT2D eigenvalue weighted by Gasteiger charge is 2.41. The van der Waals surface area contributed by atoms with E-state index in [9.17, 15) is 4.79 Å². The van der Waals surface area contributed by atoms with Gasteiger partial charge in [0.1, 0.15) is 5.60 Å². The number of nitrogens with zero attached hydrogens (tertiary/aromatic N) is 2. The van der Waals surface area contributed by atoms with Crippen molar-refractivity contribution in [2.75, 3.05) is 46.0 Å². The van der Waals surface area contributed by atoms with Gasteiger partial charge in [0.25, 0.3) is 0 Å². The van der Waals surface area contributed by atoms with E-state index >= 15 is 0 Å². The summed E-state index contributed by atoms with van der Waals surface area (Å²) in [6, 6.07) is 10.9. The van der Waals surface area contributed by atoms with E-state index in [1.165, 1.54) is 5.56 Å². The van der Waals surface area contributed by atoms with Crippen molar-refractivity contribution in [3.63, 3.8) is 0 Å². The van der Waals surface area contributed by atoms with Crippen LogP contribution in [-0.4, -0.2) is 67.4 Å². The molecule has 0 aromatic heterocycles. The molecule has 3 heterocycles. The van der Waals surface area contributed by atoms with Crippen LogP contribution in [0.15, 0.2) is 30.3 Å². The van der Waals surface area contributed by atoms with Gasteiger partial charge in [0.2, 0.25) is 0 Å². The summed E-state index contributed by atoms with van der Waals surface area (Å²) in [5, 5.41) is 0. The Balaban J connectivity index is 1.29. The van der Waals surface area contributed by atoms with Gasteiger partial charge in [0.05, 0.1) is 19.8 Å². The average molecular weight is 358 g/mol. The van der Waals surface area contributed by atoms with Gasteiger partial charge in [-0.2, -0.15) is 0 Å². The molecule has 26 heavy (non-hydrogen) atoms. The molecule has 0 bridgehead atoms. The Morgan fingerprint density at radius 3 is 2.62 bits per heavy atom. The van der Waals surface area contributed by atoms with Crippen molar-refractivity contribution in [1.82, 2.24) is 9.80 Å². The SMILES string of the molecule is O=C(N1CCC(Cc2ccccc2)CC1)N1CCOC2(CCCOC2)C1. The molecule has 3 aliphatic rings. The van der Waals surface area contributed by atoms with E-state index in [4.69, 9.17) is 9.47 Å². The lowest BCUT2D eigenvalue weighted by Gasteiger charge is -2.46. The predicted molar refractivity (Wildman–Crippen MR) is 100 cm³/mol. The molecule has 0 N–H and O–H groups in total. The Hall–Kier alpha value is -1.59. The topological polar surface area (TPSA) is 42.0 Å². The van der Waals surface area contributed by atoms with Crippen molar-refractivity contribution in [3.05, 3.63) is 35.9 Å². The van der Waals surface area contributed by atoms with Crippen LogP contribution >= 0.6 is 0 Å². The molecule has 1 spiro atoms. The second kappa shape index (κ2) is 7.97. The maximum Gasteiger partial charge on any atom is 0.320 e. The minimum absolute atomic E-state index is 0.191. The highest BCUT2D eigenvalue weighted by atomic mass is 16.5. The first-order valence-corrected chi connectivity index (χ1v) is 10.0. The monoisotopic (exact) mass is 358 g/mol. The molecule has 0 saturated carbocycles. The molecular weight excluding hydrogens is 328 g/mol. The van der Waals surface area contributed by atoms with Crippen LogP contribution in [0.4, 0.5) is 4.79 Å². The van der Waals surface area contributed by atoms with E-state index in [1.807, 2.05) is 9.80 Å². The lowest BCUT2D eigenvalue weighted by atomic mass is 9.90. The number of carbonyl (C=O) groups excluding carboxylic acids is 1. The van der Waals surface area contributed by atoms with Crippen LogP contribution in [0.25, 0.3) is 0 Å². The summed E-state index contributed by atoms with van der Waals surface area (Å²) in [7, 11) is 0. The van der Waals surface area contributed by atoms with Gasteiger partial charge in [-0.3, -0.25) is 0 Å². The molecule has 5 nitrogen and oxygen atoms in total. The van der Waals surface area contributed by atoms with Crippen molar-refractivity contribution < 1.29 is 14.3 Å². The Morgan fingerprint density at radius 1 is 1.08 bits per heavy atom. The zero-order valence-corrected chi connectivity index (χ0v) is 15.6. The third kappa shape index (κ3) is 4.04. The average Bonchev–Trinajstić information content (AvgIpc) is 2.69. The zero-order chi connectivity index (χ0) is 17.8. The van der Waals surface area contributed by atoms with Crippen molar-refractivity contribution in [3.8, 4) is 0 Å². The number of ether oxygens (including phenoxy) is 2. The van der Waals surface area contributed by atoms with Crippen molar-refractivity contribution >= 4 is 6.03 Å². The van der Waals surface area contributed by atoms with E-state index in [0.717, 1.165) is 51.8 Å². The van der Waals surface area contributed by atoms with Gasteiger partial charge >= 0.3 is 6.03 Å². The van der Waals surface area contributed by atoms with Gasteiger partial charge in [-0.05, 0) is 43.6 Å². The lowest BCUT2D eigenvalue weighted by Crippen LogP contribution is -2.60. The fourth-order valence-corrected chi connectivity index (χ4v) is 4.55. The molecule has 3 saturated heterocycles. The number of carbonyl (C=O) groups is 1. The molecule has 0 aliphatic carbocycles. The molecule has 0 radical (unpaired) electrons.